The van der Waals surface area contributed by atoms with E-state index in [0.717, 1.165) is 25.3 Å². The van der Waals surface area contributed by atoms with Crippen molar-refractivity contribution in [2.45, 2.75) is 32.5 Å². The van der Waals surface area contributed by atoms with Gasteiger partial charge in [0.05, 0.1) is 5.69 Å². The predicted octanol–water partition coefficient (Wildman–Crippen LogP) is 1.92. The Balaban J connectivity index is 1.86. The fraction of sp³-hybridized carbons (Fsp3) is 0.700. The van der Waals surface area contributed by atoms with Crippen LogP contribution in [0.3, 0.4) is 0 Å². The Bertz CT molecular complexity index is 292. The van der Waals surface area contributed by atoms with Gasteiger partial charge in [0.2, 0.25) is 0 Å². The number of likely N-dealkylation sites (tertiary alicyclic amines) is 1. The van der Waals surface area contributed by atoms with Gasteiger partial charge in [-0.25, -0.2) is 9.37 Å². The van der Waals surface area contributed by atoms with Crippen molar-refractivity contribution in [1.29, 1.82) is 0 Å². The van der Waals surface area contributed by atoms with E-state index in [0.29, 0.717) is 18.7 Å². The fourth-order valence-electron chi connectivity index (χ4n) is 1.77. The smallest absolute Gasteiger partial charge is 0.191 e. The van der Waals surface area contributed by atoms with Gasteiger partial charge in [-0.05, 0) is 12.8 Å². The van der Waals surface area contributed by atoms with E-state index in [1.54, 1.807) is 6.26 Å². The van der Waals surface area contributed by atoms with Crippen LogP contribution in [0.5, 0.6) is 0 Å². The second kappa shape index (κ2) is 4.09. The molecule has 4 heteroatoms. The van der Waals surface area contributed by atoms with Gasteiger partial charge in [-0.15, -0.1) is 0 Å². The lowest BCUT2D eigenvalue weighted by atomic mass is 10.1. The van der Waals surface area contributed by atoms with Crippen molar-refractivity contribution in [2.24, 2.45) is 0 Å². The van der Waals surface area contributed by atoms with Crippen LogP contribution in [0.2, 0.25) is 0 Å². The van der Waals surface area contributed by atoms with Crippen molar-refractivity contribution in [3.8, 4) is 0 Å². The molecule has 78 valence electrons. The number of aryl methyl sites for hydroxylation is 1. The third-order valence-electron chi connectivity index (χ3n) is 2.57. The molecule has 0 amide bonds. The molecule has 0 bridgehead atoms. The Kier molecular flexibility index (Phi) is 2.82. The molecule has 1 saturated heterocycles. The van der Waals surface area contributed by atoms with Crippen LogP contribution in [0.1, 0.15) is 24.4 Å². The van der Waals surface area contributed by atoms with Crippen LogP contribution < -0.4 is 0 Å². The first-order valence-corrected chi connectivity index (χ1v) is 5.01. The van der Waals surface area contributed by atoms with E-state index < -0.39 is 6.17 Å². The average Bonchev–Trinajstić information content (AvgIpc) is 2.56. The van der Waals surface area contributed by atoms with Crippen molar-refractivity contribution < 1.29 is 8.81 Å². The number of hydrogen-bond donors (Lipinski definition) is 0. The highest BCUT2D eigenvalue weighted by molar-refractivity contribution is 4.95. The highest BCUT2D eigenvalue weighted by atomic mass is 19.1. The Morgan fingerprint density at radius 1 is 1.57 bits per heavy atom. The maximum Gasteiger partial charge on any atom is 0.191 e. The average molecular weight is 198 g/mol. The molecule has 1 aromatic heterocycles. The molecule has 1 aromatic rings. The lowest BCUT2D eigenvalue weighted by Gasteiger charge is -2.27. The van der Waals surface area contributed by atoms with Gasteiger partial charge in [0.15, 0.2) is 5.89 Å². The van der Waals surface area contributed by atoms with E-state index >= 15 is 0 Å². The van der Waals surface area contributed by atoms with Gasteiger partial charge < -0.3 is 4.42 Å². The molecule has 1 aliphatic rings. The summed E-state index contributed by atoms with van der Waals surface area (Å²) in [6.45, 7) is 4.27. The van der Waals surface area contributed by atoms with Gasteiger partial charge in [-0.1, -0.05) is 0 Å². The monoisotopic (exact) mass is 198 g/mol. The first-order chi connectivity index (χ1) is 6.74. The highest BCUT2D eigenvalue weighted by Crippen LogP contribution is 2.15. The molecule has 2 heterocycles. The van der Waals surface area contributed by atoms with E-state index in [1.807, 2.05) is 6.92 Å². The maximum absolute atomic E-state index is 12.8. The Morgan fingerprint density at radius 2 is 2.29 bits per heavy atom. The molecule has 0 atom stereocenters. The first-order valence-electron chi connectivity index (χ1n) is 5.01. The molecule has 2 rings (SSSR count). The second-order valence-corrected chi connectivity index (χ2v) is 3.81. The quantitative estimate of drug-likeness (QED) is 0.727. The van der Waals surface area contributed by atoms with Crippen LogP contribution in [0.15, 0.2) is 10.7 Å². The van der Waals surface area contributed by atoms with Crippen molar-refractivity contribution in [1.82, 2.24) is 9.88 Å². The van der Waals surface area contributed by atoms with Crippen LogP contribution in [0.25, 0.3) is 0 Å². The van der Waals surface area contributed by atoms with Gasteiger partial charge in [-0.3, -0.25) is 4.90 Å². The number of hydrogen-bond acceptors (Lipinski definition) is 3. The lowest BCUT2D eigenvalue weighted by Crippen LogP contribution is -2.33. The normalized spacial score (nSPS) is 20.1. The molecule has 0 unspecified atom stereocenters. The van der Waals surface area contributed by atoms with Gasteiger partial charge in [-0.2, -0.15) is 0 Å². The molecule has 3 nitrogen and oxygen atoms in total. The zero-order valence-electron chi connectivity index (χ0n) is 8.37. The molecular weight excluding hydrogens is 183 g/mol. The van der Waals surface area contributed by atoms with Gasteiger partial charge >= 0.3 is 0 Å². The summed E-state index contributed by atoms with van der Waals surface area (Å²) in [7, 11) is 0. The molecule has 0 radical (unpaired) electrons. The number of aromatic nitrogens is 1. The van der Waals surface area contributed by atoms with E-state index in [9.17, 15) is 4.39 Å². The second-order valence-electron chi connectivity index (χ2n) is 3.81. The first kappa shape index (κ1) is 9.65. The minimum atomic E-state index is -0.606. The van der Waals surface area contributed by atoms with E-state index in [2.05, 4.69) is 9.88 Å². The summed E-state index contributed by atoms with van der Waals surface area (Å²) in [6.07, 6.45) is 2.37. The molecule has 1 aliphatic heterocycles. The zero-order valence-corrected chi connectivity index (χ0v) is 8.37. The summed E-state index contributed by atoms with van der Waals surface area (Å²) in [6, 6.07) is 0. The molecule has 1 fully saturated rings. The summed E-state index contributed by atoms with van der Waals surface area (Å²) in [5, 5.41) is 0. The largest absolute Gasteiger partial charge is 0.449 e. The summed E-state index contributed by atoms with van der Waals surface area (Å²) >= 11 is 0. The van der Waals surface area contributed by atoms with Crippen molar-refractivity contribution >= 4 is 0 Å². The molecule has 0 spiro atoms. The number of nitrogens with zero attached hydrogens (tertiary/aromatic N) is 2. The zero-order chi connectivity index (χ0) is 9.97. The maximum atomic E-state index is 12.8. The summed E-state index contributed by atoms with van der Waals surface area (Å²) in [5.74, 6) is 0.695. The molecule has 14 heavy (non-hydrogen) atoms. The van der Waals surface area contributed by atoms with Crippen LogP contribution in [0, 0.1) is 6.92 Å². The highest BCUT2D eigenvalue weighted by Gasteiger charge is 2.18. The predicted molar refractivity (Wildman–Crippen MR) is 50.6 cm³/mol. The number of oxazole rings is 1. The summed E-state index contributed by atoms with van der Waals surface area (Å²) in [4.78, 5) is 6.44. The SMILES string of the molecule is Cc1nc(CN2CCC(F)CC2)co1. The summed E-state index contributed by atoms with van der Waals surface area (Å²) in [5.41, 5.74) is 0.944. The van der Waals surface area contributed by atoms with Crippen molar-refractivity contribution in [3.63, 3.8) is 0 Å². The minimum Gasteiger partial charge on any atom is -0.449 e. The third kappa shape index (κ3) is 2.32. The molecule has 0 saturated carbocycles. The molecule has 0 aliphatic carbocycles. The Morgan fingerprint density at radius 3 is 2.86 bits per heavy atom. The standard InChI is InChI=1S/C10H15FN2O/c1-8-12-10(7-14-8)6-13-4-2-9(11)3-5-13/h7,9H,2-6H2,1H3. The fourth-order valence-corrected chi connectivity index (χ4v) is 1.77. The van der Waals surface area contributed by atoms with Crippen LogP contribution in [-0.2, 0) is 6.54 Å². The number of piperidine rings is 1. The van der Waals surface area contributed by atoms with Crippen LogP contribution in [0.4, 0.5) is 4.39 Å². The third-order valence-corrected chi connectivity index (χ3v) is 2.57. The topological polar surface area (TPSA) is 29.3 Å². The van der Waals surface area contributed by atoms with Crippen LogP contribution in [-0.4, -0.2) is 29.1 Å². The Hall–Kier alpha value is -0.900. The van der Waals surface area contributed by atoms with Crippen molar-refractivity contribution in [2.75, 3.05) is 13.1 Å². The molecule has 0 aromatic carbocycles. The lowest BCUT2D eigenvalue weighted by molar-refractivity contribution is 0.144. The van der Waals surface area contributed by atoms with Gasteiger partial charge in [0, 0.05) is 26.6 Å². The number of halogens is 1. The van der Waals surface area contributed by atoms with E-state index in [1.165, 1.54) is 0 Å². The Labute approximate surface area is 82.9 Å². The minimum absolute atomic E-state index is 0.606. The van der Waals surface area contributed by atoms with E-state index in [4.69, 9.17) is 4.42 Å². The van der Waals surface area contributed by atoms with E-state index in [-0.39, 0.29) is 0 Å². The summed E-state index contributed by atoms with van der Waals surface area (Å²) < 4.78 is 18.0. The van der Waals surface area contributed by atoms with Gasteiger partial charge in [0.25, 0.3) is 0 Å². The number of rotatable bonds is 2. The number of alkyl halides is 1. The van der Waals surface area contributed by atoms with Crippen LogP contribution >= 0.6 is 0 Å². The molecular formula is C10H15FN2O. The van der Waals surface area contributed by atoms with Crippen molar-refractivity contribution in [3.05, 3.63) is 17.8 Å². The molecule has 0 N–H and O–H groups in total. The van der Waals surface area contributed by atoms with Gasteiger partial charge in [0.1, 0.15) is 12.4 Å².